The molecule has 0 spiro atoms. The fraction of sp³-hybridized carbons (Fsp3) is 0.154. The highest BCUT2D eigenvalue weighted by molar-refractivity contribution is 9.11. The number of carboxylic acids is 1. The number of halogens is 1. The van der Waals surface area contributed by atoms with Crippen LogP contribution in [0, 0.1) is 13.8 Å². The number of hydrogen-bond acceptors (Lipinski definition) is 4. The van der Waals surface area contributed by atoms with Crippen LogP contribution in [0.4, 0.5) is 5.69 Å². The molecule has 112 valence electrons. The van der Waals surface area contributed by atoms with Gasteiger partial charge in [0.05, 0.1) is 15.0 Å². The molecule has 1 aromatic heterocycles. The first-order chi connectivity index (χ1) is 9.72. The molecule has 21 heavy (non-hydrogen) atoms. The smallest absolute Gasteiger partial charge is 0.338 e. The van der Waals surface area contributed by atoms with Crippen molar-refractivity contribution >= 4 is 48.9 Å². The molecule has 2 N–H and O–H groups in total. The second kappa shape index (κ2) is 5.78. The maximum Gasteiger partial charge on any atom is 0.338 e. The van der Waals surface area contributed by atoms with Crippen LogP contribution >= 0.6 is 27.3 Å². The Kier molecular flexibility index (Phi) is 4.40. The second-order valence-corrected chi connectivity index (χ2v) is 8.71. The topological polar surface area (TPSA) is 83.5 Å². The molecule has 0 fully saturated rings. The van der Waals surface area contributed by atoms with Gasteiger partial charge in [0.15, 0.2) is 0 Å². The zero-order chi connectivity index (χ0) is 15.8. The summed E-state index contributed by atoms with van der Waals surface area (Å²) < 4.78 is 27.9. The number of carboxylic acid groups (broad SMARTS) is 1. The van der Waals surface area contributed by atoms with Gasteiger partial charge in [-0.05, 0) is 53.0 Å². The normalized spacial score (nSPS) is 11.4. The van der Waals surface area contributed by atoms with Crippen molar-refractivity contribution in [3.05, 3.63) is 44.7 Å². The molecule has 0 amide bonds. The maximum atomic E-state index is 12.3. The third kappa shape index (κ3) is 3.28. The van der Waals surface area contributed by atoms with Crippen molar-refractivity contribution in [1.82, 2.24) is 0 Å². The van der Waals surface area contributed by atoms with Crippen LogP contribution in [-0.2, 0) is 10.0 Å². The first-order valence-electron chi connectivity index (χ1n) is 5.84. The molecule has 0 aliphatic rings. The lowest BCUT2D eigenvalue weighted by molar-refractivity contribution is 0.0697. The zero-order valence-electron chi connectivity index (χ0n) is 11.2. The summed E-state index contributed by atoms with van der Waals surface area (Å²) in [6, 6.07) is 6.19. The van der Waals surface area contributed by atoms with E-state index in [4.69, 9.17) is 0 Å². The van der Waals surface area contributed by atoms with E-state index in [0.29, 0.717) is 5.56 Å². The van der Waals surface area contributed by atoms with Crippen molar-refractivity contribution < 1.29 is 18.3 Å². The number of rotatable bonds is 4. The van der Waals surface area contributed by atoms with Gasteiger partial charge in [-0.25, -0.2) is 13.2 Å². The summed E-state index contributed by atoms with van der Waals surface area (Å²) in [4.78, 5) is 11.3. The molecule has 2 aromatic rings. The molecule has 0 bridgehead atoms. The number of aromatic carboxylic acids is 1. The third-order valence-corrected chi connectivity index (χ3v) is 6.81. The first-order valence-corrected chi connectivity index (χ1v) is 8.93. The van der Waals surface area contributed by atoms with Crippen molar-refractivity contribution in [3.63, 3.8) is 0 Å². The summed E-state index contributed by atoms with van der Waals surface area (Å²) in [6.07, 6.45) is 0. The Bertz CT molecular complexity index is 792. The molecule has 8 heteroatoms. The summed E-state index contributed by atoms with van der Waals surface area (Å²) in [7, 11) is -3.81. The average Bonchev–Trinajstić information content (AvgIpc) is 2.69. The highest BCUT2D eigenvalue weighted by Crippen LogP contribution is 2.32. The van der Waals surface area contributed by atoms with E-state index in [0.717, 1.165) is 20.7 Å². The molecular formula is C13H12BrNO4S2. The summed E-state index contributed by atoms with van der Waals surface area (Å²) in [5, 5.41) is 9.22. The minimum atomic E-state index is -3.81. The van der Waals surface area contributed by atoms with E-state index < -0.39 is 16.0 Å². The van der Waals surface area contributed by atoms with Gasteiger partial charge in [0.25, 0.3) is 10.0 Å². The summed E-state index contributed by atoms with van der Waals surface area (Å²) in [5.41, 5.74) is 1.31. The van der Waals surface area contributed by atoms with Gasteiger partial charge in [0.1, 0.15) is 4.21 Å². The van der Waals surface area contributed by atoms with E-state index in [1.165, 1.54) is 12.1 Å². The molecule has 0 atom stereocenters. The Morgan fingerprint density at radius 3 is 2.48 bits per heavy atom. The Balaban J connectivity index is 2.47. The van der Waals surface area contributed by atoms with Crippen molar-refractivity contribution in [1.29, 1.82) is 0 Å². The predicted octanol–water partition coefficient (Wildman–Crippen LogP) is 3.63. The minimum absolute atomic E-state index is 0.0478. The molecule has 0 aliphatic heterocycles. The lowest BCUT2D eigenvalue weighted by atomic mass is 10.1. The van der Waals surface area contributed by atoms with Crippen LogP contribution < -0.4 is 4.72 Å². The standard InChI is InChI=1S/C13H12BrNO4S2/c1-7-4-3-5-9(11(7)13(16)17)15-21(18,19)10-6-8(2)12(14)20-10/h3-6,15H,1-2H3,(H,16,17). The molecule has 1 heterocycles. The average molecular weight is 390 g/mol. The quantitative estimate of drug-likeness (QED) is 0.835. The van der Waals surface area contributed by atoms with Crippen LogP contribution in [0.2, 0.25) is 0 Å². The fourth-order valence-electron chi connectivity index (χ4n) is 1.80. The lowest BCUT2D eigenvalue weighted by Crippen LogP contribution is -2.15. The molecule has 2 rings (SSSR count). The van der Waals surface area contributed by atoms with Crippen molar-refractivity contribution in [2.24, 2.45) is 0 Å². The van der Waals surface area contributed by atoms with Gasteiger partial charge >= 0.3 is 5.97 Å². The predicted molar refractivity (Wildman–Crippen MR) is 85.7 cm³/mol. The molecule has 0 unspecified atom stereocenters. The number of anilines is 1. The van der Waals surface area contributed by atoms with Gasteiger partial charge in [-0.15, -0.1) is 11.3 Å². The van der Waals surface area contributed by atoms with Crippen molar-refractivity contribution in [2.45, 2.75) is 18.1 Å². The number of carbonyl (C=O) groups is 1. The molecule has 0 saturated heterocycles. The lowest BCUT2D eigenvalue weighted by Gasteiger charge is -2.11. The Morgan fingerprint density at radius 1 is 1.29 bits per heavy atom. The van der Waals surface area contributed by atoms with Crippen LogP contribution in [-0.4, -0.2) is 19.5 Å². The van der Waals surface area contributed by atoms with Crippen LogP contribution in [0.1, 0.15) is 21.5 Å². The number of benzene rings is 1. The molecule has 0 aliphatic carbocycles. The minimum Gasteiger partial charge on any atom is -0.478 e. The van der Waals surface area contributed by atoms with E-state index in [2.05, 4.69) is 20.7 Å². The van der Waals surface area contributed by atoms with Crippen LogP contribution in [0.3, 0.4) is 0 Å². The molecule has 1 aromatic carbocycles. The van der Waals surface area contributed by atoms with E-state index in [9.17, 15) is 18.3 Å². The number of nitrogens with one attached hydrogen (secondary N) is 1. The highest BCUT2D eigenvalue weighted by Gasteiger charge is 2.22. The number of sulfonamides is 1. The highest BCUT2D eigenvalue weighted by atomic mass is 79.9. The third-order valence-electron chi connectivity index (χ3n) is 2.83. The van der Waals surface area contributed by atoms with Gasteiger partial charge in [-0.1, -0.05) is 12.1 Å². The zero-order valence-corrected chi connectivity index (χ0v) is 14.4. The van der Waals surface area contributed by atoms with Gasteiger partial charge in [0.2, 0.25) is 0 Å². The van der Waals surface area contributed by atoms with Crippen molar-refractivity contribution in [3.8, 4) is 0 Å². The maximum absolute atomic E-state index is 12.3. The van der Waals surface area contributed by atoms with Crippen LogP contribution in [0.5, 0.6) is 0 Å². The van der Waals surface area contributed by atoms with Gasteiger partial charge in [-0.3, -0.25) is 4.72 Å². The van der Waals surface area contributed by atoms with Crippen molar-refractivity contribution in [2.75, 3.05) is 4.72 Å². The summed E-state index contributed by atoms with van der Waals surface area (Å²) >= 11 is 4.35. The SMILES string of the molecule is Cc1cc(S(=O)(=O)Nc2cccc(C)c2C(=O)O)sc1Br. The monoisotopic (exact) mass is 389 g/mol. The van der Waals surface area contributed by atoms with E-state index in [1.807, 2.05) is 0 Å². The Morgan fingerprint density at radius 2 is 1.95 bits per heavy atom. The Hall–Kier alpha value is -1.38. The van der Waals surface area contributed by atoms with Gasteiger partial charge in [0, 0.05) is 0 Å². The van der Waals surface area contributed by atoms with E-state index in [-0.39, 0.29) is 15.5 Å². The largest absolute Gasteiger partial charge is 0.478 e. The van der Waals surface area contributed by atoms with Crippen LogP contribution in [0.25, 0.3) is 0 Å². The van der Waals surface area contributed by atoms with E-state index >= 15 is 0 Å². The summed E-state index contributed by atoms with van der Waals surface area (Å²) in [6.45, 7) is 3.40. The number of aryl methyl sites for hydroxylation is 2. The van der Waals surface area contributed by atoms with Gasteiger partial charge < -0.3 is 5.11 Å². The van der Waals surface area contributed by atoms with Gasteiger partial charge in [-0.2, -0.15) is 0 Å². The molecule has 5 nitrogen and oxygen atoms in total. The summed E-state index contributed by atoms with van der Waals surface area (Å²) in [5.74, 6) is -1.17. The molecular weight excluding hydrogens is 378 g/mol. The Labute approximate surface area is 134 Å². The fourth-order valence-corrected chi connectivity index (χ4v) is 5.09. The van der Waals surface area contributed by atoms with E-state index in [1.54, 1.807) is 26.0 Å². The van der Waals surface area contributed by atoms with Crippen LogP contribution in [0.15, 0.2) is 32.3 Å². The number of hydrogen-bond donors (Lipinski definition) is 2. The number of thiophene rings is 1. The molecule has 0 radical (unpaired) electrons. The molecule has 0 saturated carbocycles. The second-order valence-electron chi connectivity index (χ2n) is 4.43. The first kappa shape index (κ1) is 16.0.